The standard InChI is InChI=1S/C16H23N3O2.2ClH/c20-16(15-2-1-7-17-15)18-14-5-3-13(4-6-14)12-19-8-10-21-11-9-19;;/h3-6,15,17H,1-2,7-12H2,(H,18,20);2*1H/t15-;;/m0../s1. The van der Waals surface area contributed by atoms with Crippen LogP contribution in [-0.2, 0) is 16.1 Å². The number of carbonyl (C=O) groups excluding carboxylic acids is 1. The van der Waals surface area contributed by atoms with E-state index in [4.69, 9.17) is 4.74 Å². The SMILES string of the molecule is Cl.Cl.O=C(Nc1ccc(CN2CCOCC2)cc1)[C@@H]1CCCN1. The molecule has 2 saturated heterocycles. The fourth-order valence-electron chi connectivity index (χ4n) is 2.85. The van der Waals surface area contributed by atoms with Gasteiger partial charge >= 0.3 is 0 Å². The second kappa shape index (κ2) is 10.1. The monoisotopic (exact) mass is 361 g/mol. The van der Waals surface area contributed by atoms with Crippen LogP contribution in [0.15, 0.2) is 24.3 Å². The van der Waals surface area contributed by atoms with Gasteiger partial charge in [0.05, 0.1) is 19.3 Å². The molecule has 0 radical (unpaired) electrons. The van der Waals surface area contributed by atoms with Gasteiger partial charge in [-0.2, -0.15) is 0 Å². The molecule has 0 aromatic heterocycles. The topological polar surface area (TPSA) is 53.6 Å². The number of halogens is 2. The third-order valence-corrected chi connectivity index (χ3v) is 4.11. The Morgan fingerprint density at radius 3 is 2.52 bits per heavy atom. The predicted molar refractivity (Wildman–Crippen MR) is 96.7 cm³/mol. The molecule has 2 aliphatic rings. The second-order valence-corrected chi connectivity index (χ2v) is 5.72. The van der Waals surface area contributed by atoms with Gasteiger partial charge in [-0.25, -0.2) is 0 Å². The average molecular weight is 362 g/mol. The molecule has 3 rings (SSSR count). The average Bonchev–Trinajstić information content (AvgIpc) is 3.05. The number of nitrogens with one attached hydrogen (secondary N) is 2. The number of hydrogen-bond donors (Lipinski definition) is 2. The highest BCUT2D eigenvalue weighted by atomic mass is 35.5. The van der Waals surface area contributed by atoms with Gasteiger partial charge in [-0.1, -0.05) is 12.1 Å². The van der Waals surface area contributed by atoms with Gasteiger partial charge in [0, 0.05) is 25.3 Å². The van der Waals surface area contributed by atoms with Crippen LogP contribution >= 0.6 is 24.8 Å². The van der Waals surface area contributed by atoms with Gasteiger partial charge in [0.25, 0.3) is 0 Å². The van der Waals surface area contributed by atoms with Crippen molar-refractivity contribution in [3.05, 3.63) is 29.8 Å². The van der Waals surface area contributed by atoms with E-state index < -0.39 is 0 Å². The van der Waals surface area contributed by atoms with Gasteiger partial charge in [0.1, 0.15) is 0 Å². The first-order chi connectivity index (χ1) is 10.3. The molecule has 1 aromatic carbocycles. The van der Waals surface area contributed by atoms with Crippen molar-refractivity contribution >= 4 is 36.4 Å². The van der Waals surface area contributed by atoms with E-state index in [1.54, 1.807) is 0 Å². The van der Waals surface area contributed by atoms with Crippen LogP contribution in [0.3, 0.4) is 0 Å². The molecule has 2 aliphatic heterocycles. The van der Waals surface area contributed by atoms with Gasteiger partial charge in [-0.05, 0) is 37.1 Å². The summed E-state index contributed by atoms with van der Waals surface area (Å²) in [6.07, 6.45) is 2.01. The number of nitrogens with zero attached hydrogens (tertiary/aromatic N) is 1. The molecular weight excluding hydrogens is 337 g/mol. The van der Waals surface area contributed by atoms with Crippen LogP contribution in [-0.4, -0.2) is 49.7 Å². The van der Waals surface area contributed by atoms with Crippen LogP contribution in [0, 0.1) is 0 Å². The van der Waals surface area contributed by atoms with Crippen LogP contribution in [0.4, 0.5) is 5.69 Å². The van der Waals surface area contributed by atoms with E-state index in [0.29, 0.717) is 0 Å². The van der Waals surface area contributed by atoms with Crippen LogP contribution < -0.4 is 10.6 Å². The highest BCUT2D eigenvalue weighted by Gasteiger charge is 2.21. The van der Waals surface area contributed by atoms with Crippen molar-refractivity contribution in [2.45, 2.75) is 25.4 Å². The minimum absolute atomic E-state index is 0. The summed E-state index contributed by atoms with van der Waals surface area (Å²) >= 11 is 0. The summed E-state index contributed by atoms with van der Waals surface area (Å²) in [5.74, 6) is 0.0772. The van der Waals surface area contributed by atoms with E-state index >= 15 is 0 Å². The maximum absolute atomic E-state index is 12.0. The largest absolute Gasteiger partial charge is 0.379 e. The Morgan fingerprint density at radius 1 is 1.22 bits per heavy atom. The first-order valence-electron chi connectivity index (χ1n) is 7.74. The molecule has 0 unspecified atom stereocenters. The molecule has 0 spiro atoms. The van der Waals surface area contributed by atoms with E-state index in [0.717, 1.165) is 57.9 Å². The van der Waals surface area contributed by atoms with E-state index in [1.165, 1.54) is 5.56 Å². The highest BCUT2D eigenvalue weighted by Crippen LogP contribution is 2.14. The maximum Gasteiger partial charge on any atom is 0.241 e. The zero-order chi connectivity index (χ0) is 14.5. The highest BCUT2D eigenvalue weighted by molar-refractivity contribution is 5.95. The molecule has 2 N–H and O–H groups in total. The van der Waals surface area contributed by atoms with Crippen molar-refractivity contribution in [3.63, 3.8) is 0 Å². The van der Waals surface area contributed by atoms with Crippen molar-refractivity contribution in [1.29, 1.82) is 0 Å². The first-order valence-corrected chi connectivity index (χ1v) is 7.74. The van der Waals surface area contributed by atoms with E-state index in [-0.39, 0.29) is 36.8 Å². The van der Waals surface area contributed by atoms with Gasteiger partial charge in [-0.15, -0.1) is 24.8 Å². The number of rotatable bonds is 4. The van der Waals surface area contributed by atoms with Crippen molar-refractivity contribution < 1.29 is 9.53 Å². The molecule has 2 heterocycles. The molecule has 2 fully saturated rings. The van der Waals surface area contributed by atoms with Crippen molar-refractivity contribution in [3.8, 4) is 0 Å². The number of ether oxygens (including phenoxy) is 1. The molecule has 1 aromatic rings. The lowest BCUT2D eigenvalue weighted by Crippen LogP contribution is -2.36. The van der Waals surface area contributed by atoms with Crippen molar-refractivity contribution in [2.24, 2.45) is 0 Å². The summed E-state index contributed by atoms with van der Waals surface area (Å²) in [5.41, 5.74) is 2.15. The Bertz CT molecular complexity index is 473. The molecule has 0 bridgehead atoms. The third kappa shape index (κ3) is 5.94. The normalized spacial score (nSPS) is 21.1. The summed E-state index contributed by atoms with van der Waals surface area (Å²) in [5, 5.41) is 6.19. The molecule has 130 valence electrons. The Labute approximate surface area is 150 Å². The lowest BCUT2D eigenvalue weighted by atomic mass is 10.1. The Balaban J connectivity index is 0.00000132. The molecule has 0 aliphatic carbocycles. The molecule has 1 atom stereocenters. The summed E-state index contributed by atoms with van der Waals surface area (Å²) in [7, 11) is 0. The molecule has 23 heavy (non-hydrogen) atoms. The van der Waals surface area contributed by atoms with E-state index in [1.807, 2.05) is 12.1 Å². The summed E-state index contributed by atoms with van der Waals surface area (Å²) < 4.78 is 5.35. The minimum Gasteiger partial charge on any atom is -0.379 e. The van der Waals surface area contributed by atoms with Crippen molar-refractivity contribution in [2.75, 3.05) is 38.2 Å². The summed E-state index contributed by atoms with van der Waals surface area (Å²) in [6.45, 7) is 5.51. The van der Waals surface area contributed by atoms with Crippen LogP contribution in [0.2, 0.25) is 0 Å². The lowest BCUT2D eigenvalue weighted by molar-refractivity contribution is -0.117. The van der Waals surface area contributed by atoms with E-state index in [2.05, 4.69) is 27.7 Å². The second-order valence-electron chi connectivity index (χ2n) is 5.72. The third-order valence-electron chi connectivity index (χ3n) is 4.11. The zero-order valence-electron chi connectivity index (χ0n) is 13.1. The van der Waals surface area contributed by atoms with Crippen LogP contribution in [0.5, 0.6) is 0 Å². The Morgan fingerprint density at radius 2 is 1.91 bits per heavy atom. The van der Waals surface area contributed by atoms with Crippen LogP contribution in [0.25, 0.3) is 0 Å². The smallest absolute Gasteiger partial charge is 0.241 e. The summed E-state index contributed by atoms with van der Waals surface area (Å²) in [6, 6.07) is 8.13. The van der Waals surface area contributed by atoms with Gasteiger partial charge in [-0.3, -0.25) is 9.69 Å². The minimum atomic E-state index is -0.0296. The quantitative estimate of drug-likeness (QED) is 0.861. The number of amides is 1. The number of carbonyl (C=O) groups is 1. The van der Waals surface area contributed by atoms with E-state index in [9.17, 15) is 4.79 Å². The fourth-order valence-corrected chi connectivity index (χ4v) is 2.85. The maximum atomic E-state index is 12.0. The first kappa shape index (κ1) is 20.2. The zero-order valence-corrected chi connectivity index (χ0v) is 14.8. The van der Waals surface area contributed by atoms with Gasteiger partial charge < -0.3 is 15.4 Å². The predicted octanol–water partition coefficient (Wildman–Crippen LogP) is 2.05. The van der Waals surface area contributed by atoms with Gasteiger partial charge in [0.15, 0.2) is 0 Å². The number of benzene rings is 1. The van der Waals surface area contributed by atoms with Gasteiger partial charge in [0.2, 0.25) is 5.91 Å². The molecular formula is C16H25Cl2N3O2. The number of morpholine rings is 1. The Kier molecular flexibility index (Phi) is 8.87. The summed E-state index contributed by atoms with van der Waals surface area (Å²) in [4.78, 5) is 14.4. The molecule has 7 heteroatoms. The molecule has 0 saturated carbocycles. The lowest BCUT2D eigenvalue weighted by Gasteiger charge is -2.26. The number of anilines is 1. The molecule has 1 amide bonds. The fraction of sp³-hybridized carbons (Fsp3) is 0.562. The van der Waals surface area contributed by atoms with Crippen molar-refractivity contribution in [1.82, 2.24) is 10.2 Å². The number of hydrogen-bond acceptors (Lipinski definition) is 4. The molecule has 5 nitrogen and oxygen atoms in total. The van der Waals surface area contributed by atoms with Crippen LogP contribution in [0.1, 0.15) is 18.4 Å². The Hall–Kier alpha value is -0.850.